The monoisotopic (exact) mass is 366 g/mol. The molecule has 0 aliphatic heterocycles. The van der Waals surface area contributed by atoms with Crippen LogP contribution in [0.25, 0.3) is 11.0 Å². The van der Waals surface area contributed by atoms with Gasteiger partial charge in [-0.2, -0.15) is 0 Å². The van der Waals surface area contributed by atoms with Gasteiger partial charge in [-0.15, -0.1) is 0 Å². The molecule has 7 nitrogen and oxygen atoms in total. The fourth-order valence-corrected chi connectivity index (χ4v) is 2.69. The fraction of sp³-hybridized carbons (Fsp3) is 0.150. The van der Waals surface area contributed by atoms with Gasteiger partial charge < -0.3 is 20.2 Å². The normalized spacial score (nSPS) is 10.6. The van der Waals surface area contributed by atoms with Gasteiger partial charge in [-0.05, 0) is 43.7 Å². The molecular weight excluding hydrogens is 348 g/mol. The zero-order chi connectivity index (χ0) is 19.6. The summed E-state index contributed by atoms with van der Waals surface area (Å²) < 4.78 is 10.6. The zero-order valence-corrected chi connectivity index (χ0v) is 14.9. The first-order chi connectivity index (χ1) is 12.9. The van der Waals surface area contributed by atoms with E-state index in [1.807, 2.05) is 6.92 Å². The molecule has 7 heteroatoms. The number of carbonyl (C=O) groups excluding carboxylic acids is 2. The van der Waals surface area contributed by atoms with Crippen LogP contribution in [0.3, 0.4) is 0 Å². The highest BCUT2D eigenvalue weighted by Crippen LogP contribution is 2.24. The molecule has 0 aliphatic carbocycles. The molecule has 3 rings (SSSR count). The van der Waals surface area contributed by atoms with Crippen LogP contribution in [0, 0.1) is 6.92 Å². The molecule has 27 heavy (non-hydrogen) atoms. The molecule has 138 valence electrons. The SMILES string of the molecule is CCOc1ccc2c(C(=O)Nc3cc(C(N)=O)ccc3C)cc(=O)oc2c1. The number of amides is 2. The van der Waals surface area contributed by atoms with Crippen LogP contribution in [0.1, 0.15) is 33.2 Å². The second-order valence-corrected chi connectivity index (χ2v) is 5.92. The molecule has 0 spiro atoms. The Hall–Kier alpha value is -3.61. The highest BCUT2D eigenvalue weighted by atomic mass is 16.5. The molecule has 0 aliphatic rings. The quantitative estimate of drug-likeness (QED) is 0.675. The topological polar surface area (TPSA) is 112 Å². The van der Waals surface area contributed by atoms with Crippen LogP contribution in [0.4, 0.5) is 5.69 Å². The summed E-state index contributed by atoms with van der Waals surface area (Å²) in [6, 6.07) is 10.8. The summed E-state index contributed by atoms with van der Waals surface area (Å²) in [6.07, 6.45) is 0. The van der Waals surface area contributed by atoms with Gasteiger partial charge in [0.25, 0.3) is 5.91 Å². The van der Waals surface area contributed by atoms with E-state index in [4.69, 9.17) is 14.9 Å². The highest BCUT2D eigenvalue weighted by Gasteiger charge is 2.16. The predicted molar refractivity (Wildman–Crippen MR) is 101 cm³/mol. The molecule has 0 atom stereocenters. The van der Waals surface area contributed by atoms with Gasteiger partial charge in [0.2, 0.25) is 5.91 Å². The highest BCUT2D eigenvalue weighted by molar-refractivity contribution is 6.12. The van der Waals surface area contributed by atoms with Crippen molar-refractivity contribution in [2.24, 2.45) is 5.73 Å². The zero-order valence-electron chi connectivity index (χ0n) is 14.9. The molecule has 0 bridgehead atoms. The molecule has 0 fully saturated rings. The van der Waals surface area contributed by atoms with E-state index in [-0.39, 0.29) is 16.7 Å². The summed E-state index contributed by atoms with van der Waals surface area (Å²) in [4.78, 5) is 36.0. The number of primary amides is 1. The standard InChI is InChI=1S/C20H18N2O5/c1-3-26-13-6-7-14-15(10-18(23)27-17(14)9-13)20(25)22-16-8-12(19(21)24)5-4-11(16)2/h4-10H,3H2,1-2H3,(H2,21,24)(H,22,25). The number of fused-ring (bicyclic) bond motifs is 1. The molecule has 2 aromatic carbocycles. The van der Waals surface area contributed by atoms with Crippen LogP contribution in [0.5, 0.6) is 5.75 Å². The van der Waals surface area contributed by atoms with Crippen molar-refractivity contribution in [3.8, 4) is 5.75 Å². The predicted octanol–water partition coefficient (Wildman–Crippen LogP) is 2.85. The van der Waals surface area contributed by atoms with E-state index in [0.717, 1.165) is 11.6 Å². The van der Waals surface area contributed by atoms with Gasteiger partial charge in [-0.25, -0.2) is 4.79 Å². The lowest BCUT2D eigenvalue weighted by atomic mass is 10.1. The lowest BCUT2D eigenvalue weighted by Crippen LogP contribution is -2.17. The van der Waals surface area contributed by atoms with Crippen LogP contribution in [0.2, 0.25) is 0 Å². The lowest BCUT2D eigenvalue weighted by molar-refractivity contribution is 0.0996. The van der Waals surface area contributed by atoms with Gasteiger partial charge >= 0.3 is 5.63 Å². The maximum Gasteiger partial charge on any atom is 0.337 e. The molecule has 3 aromatic rings. The summed E-state index contributed by atoms with van der Waals surface area (Å²) >= 11 is 0. The van der Waals surface area contributed by atoms with Crippen molar-refractivity contribution in [2.45, 2.75) is 13.8 Å². The lowest BCUT2D eigenvalue weighted by Gasteiger charge is -2.11. The van der Waals surface area contributed by atoms with E-state index < -0.39 is 17.4 Å². The Morgan fingerprint density at radius 3 is 2.63 bits per heavy atom. The number of nitrogens with one attached hydrogen (secondary N) is 1. The van der Waals surface area contributed by atoms with E-state index in [2.05, 4.69) is 5.32 Å². The minimum Gasteiger partial charge on any atom is -0.494 e. The average Bonchev–Trinajstić information content (AvgIpc) is 2.62. The van der Waals surface area contributed by atoms with Crippen molar-refractivity contribution in [2.75, 3.05) is 11.9 Å². The van der Waals surface area contributed by atoms with Crippen LogP contribution in [0.15, 0.2) is 51.7 Å². The van der Waals surface area contributed by atoms with E-state index in [1.165, 1.54) is 6.07 Å². The number of aryl methyl sites for hydroxylation is 1. The van der Waals surface area contributed by atoms with Gasteiger partial charge in [0.05, 0.1) is 12.2 Å². The minimum absolute atomic E-state index is 0.160. The number of ether oxygens (including phenoxy) is 1. The second-order valence-electron chi connectivity index (χ2n) is 5.92. The molecule has 1 aromatic heterocycles. The molecule has 3 N–H and O–H groups in total. The Kier molecular flexibility index (Phi) is 4.94. The first-order valence-corrected chi connectivity index (χ1v) is 8.31. The molecule has 0 unspecified atom stereocenters. The minimum atomic E-state index is -0.649. The maximum absolute atomic E-state index is 12.8. The average molecular weight is 366 g/mol. The van der Waals surface area contributed by atoms with E-state index >= 15 is 0 Å². The summed E-state index contributed by atoms with van der Waals surface area (Å²) in [7, 11) is 0. The summed E-state index contributed by atoms with van der Waals surface area (Å²) in [6.45, 7) is 4.09. The van der Waals surface area contributed by atoms with Gasteiger partial charge in [0.15, 0.2) is 0 Å². The first kappa shape index (κ1) is 18.2. The third kappa shape index (κ3) is 3.82. The van der Waals surface area contributed by atoms with Crippen molar-refractivity contribution >= 4 is 28.5 Å². The Morgan fingerprint density at radius 1 is 1.15 bits per heavy atom. The Balaban J connectivity index is 2.02. The van der Waals surface area contributed by atoms with Crippen LogP contribution < -0.4 is 21.4 Å². The summed E-state index contributed by atoms with van der Waals surface area (Å²) in [5, 5.41) is 3.19. The first-order valence-electron chi connectivity index (χ1n) is 8.31. The van der Waals surface area contributed by atoms with Gasteiger partial charge in [-0.3, -0.25) is 9.59 Å². The third-order valence-corrected chi connectivity index (χ3v) is 4.04. The number of hydrogen-bond acceptors (Lipinski definition) is 5. The number of carbonyl (C=O) groups is 2. The van der Waals surface area contributed by atoms with Gasteiger partial charge in [-0.1, -0.05) is 6.07 Å². The van der Waals surface area contributed by atoms with Gasteiger partial charge in [0, 0.05) is 28.8 Å². The molecule has 0 saturated carbocycles. The summed E-state index contributed by atoms with van der Waals surface area (Å²) in [5.41, 5.74) is 6.51. The maximum atomic E-state index is 12.8. The molecule has 0 saturated heterocycles. The molecule has 0 radical (unpaired) electrons. The smallest absolute Gasteiger partial charge is 0.337 e. The number of rotatable bonds is 5. The second kappa shape index (κ2) is 7.33. The molecule has 2 amide bonds. The van der Waals surface area contributed by atoms with Crippen LogP contribution in [-0.2, 0) is 0 Å². The van der Waals surface area contributed by atoms with Crippen LogP contribution in [-0.4, -0.2) is 18.4 Å². The van der Waals surface area contributed by atoms with E-state index in [1.54, 1.807) is 37.3 Å². The summed E-state index contributed by atoms with van der Waals surface area (Å²) in [5.74, 6) is -0.558. The number of nitrogens with two attached hydrogens (primary N) is 1. The van der Waals surface area contributed by atoms with Crippen molar-refractivity contribution in [3.63, 3.8) is 0 Å². The van der Waals surface area contributed by atoms with Gasteiger partial charge in [0.1, 0.15) is 11.3 Å². The third-order valence-electron chi connectivity index (χ3n) is 4.04. The molecule has 1 heterocycles. The fourth-order valence-electron chi connectivity index (χ4n) is 2.69. The van der Waals surface area contributed by atoms with Crippen molar-refractivity contribution in [1.29, 1.82) is 0 Å². The largest absolute Gasteiger partial charge is 0.494 e. The van der Waals surface area contributed by atoms with E-state index in [9.17, 15) is 14.4 Å². The molecular formula is C20H18N2O5. The van der Waals surface area contributed by atoms with Crippen LogP contribution >= 0.6 is 0 Å². The number of anilines is 1. The van der Waals surface area contributed by atoms with Crippen molar-refractivity contribution in [3.05, 3.63) is 69.6 Å². The van der Waals surface area contributed by atoms with Crippen molar-refractivity contribution in [1.82, 2.24) is 0 Å². The van der Waals surface area contributed by atoms with Crippen molar-refractivity contribution < 1.29 is 18.7 Å². The Labute approximate surface area is 154 Å². The Morgan fingerprint density at radius 2 is 1.93 bits per heavy atom. The number of benzene rings is 2. The van der Waals surface area contributed by atoms with E-state index in [0.29, 0.717) is 23.4 Å². The number of hydrogen-bond donors (Lipinski definition) is 2. The Bertz CT molecular complexity index is 1100.